The number of hydrogen-bond donors (Lipinski definition) is 2. The third kappa shape index (κ3) is 4.36. The second-order valence-electron chi connectivity index (χ2n) is 5.58. The maximum atomic E-state index is 7.53. The van der Waals surface area contributed by atoms with Crippen LogP contribution in [0.4, 0.5) is 0 Å². The predicted octanol–water partition coefficient (Wildman–Crippen LogP) is 2.23. The average molecular weight is 291 g/mol. The van der Waals surface area contributed by atoms with Crippen molar-refractivity contribution >= 4 is 5.84 Å². The Labute approximate surface area is 126 Å². The standard InChI is InChI=1S/C16H25N3O2/c1-19-7-4-3-5-13(19)6-8-21-15-10-12(16(17)18)9-14(11-15)20-2/h9-11,13H,3-8H2,1-2H3,(H3,17,18). The summed E-state index contributed by atoms with van der Waals surface area (Å²) in [5.74, 6) is 1.39. The topological polar surface area (TPSA) is 71.6 Å². The van der Waals surface area contributed by atoms with E-state index in [2.05, 4.69) is 11.9 Å². The van der Waals surface area contributed by atoms with Crippen LogP contribution in [-0.4, -0.2) is 44.1 Å². The molecule has 0 saturated carbocycles. The Kier molecular flexibility index (Phi) is 5.44. The molecule has 1 aliphatic heterocycles. The monoisotopic (exact) mass is 291 g/mol. The SMILES string of the molecule is COc1cc(OCCC2CCCCN2C)cc(C(=N)N)c1. The number of nitrogens with one attached hydrogen (secondary N) is 1. The highest BCUT2D eigenvalue weighted by molar-refractivity contribution is 5.95. The Balaban J connectivity index is 1.93. The molecule has 1 unspecified atom stereocenters. The smallest absolute Gasteiger partial charge is 0.123 e. The lowest BCUT2D eigenvalue weighted by Crippen LogP contribution is -2.37. The normalized spacial score (nSPS) is 19.2. The first-order chi connectivity index (χ1) is 10.1. The molecule has 5 heteroatoms. The third-order valence-corrected chi connectivity index (χ3v) is 4.07. The van der Waals surface area contributed by atoms with Gasteiger partial charge in [0.05, 0.1) is 13.7 Å². The van der Waals surface area contributed by atoms with E-state index in [-0.39, 0.29) is 5.84 Å². The largest absolute Gasteiger partial charge is 0.497 e. The summed E-state index contributed by atoms with van der Waals surface area (Å²) in [5.41, 5.74) is 6.16. The summed E-state index contributed by atoms with van der Waals surface area (Å²) in [5, 5.41) is 7.53. The first-order valence-electron chi connectivity index (χ1n) is 7.46. The molecule has 0 radical (unpaired) electrons. The van der Waals surface area contributed by atoms with E-state index in [0.717, 1.165) is 6.42 Å². The molecule has 1 heterocycles. The van der Waals surface area contributed by atoms with Crippen LogP contribution in [0.1, 0.15) is 31.2 Å². The molecule has 0 amide bonds. The van der Waals surface area contributed by atoms with Gasteiger partial charge in [0.1, 0.15) is 17.3 Å². The molecule has 1 atom stereocenters. The van der Waals surface area contributed by atoms with Crippen molar-refractivity contribution in [1.82, 2.24) is 4.90 Å². The molecule has 0 spiro atoms. The molecule has 1 saturated heterocycles. The van der Waals surface area contributed by atoms with Crippen molar-refractivity contribution in [3.8, 4) is 11.5 Å². The first kappa shape index (κ1) is 15.6. The van der Waals surface area contributed by atoms with Crippen LogP contribution < -0.4 is 15.2 Å². The van der Waals surface area contributed by atoms with E-state index in [0.29, 0.717) is 29.7 Å². The molecular weight excluding hydrogens is 266 g/mol. The molecule has 5 nitrogen and oxygen atoms in total. The zero-order valence-corrected chi connectivity index (χ0v) is 12.9. The van der Waals surface area contributed by atoms with Crippen LogP contribution in [0.5, 0.6) is 11.5 Å². The van der Waals surface area contributed by atoms with Crippen LogP contribution in [0.2, 0.25) is 0 Å². The second kappa shape index (κ2) is 7.31. The number of methoxy groups -OCH3 is 1. The summed E-state index contributed by atoms with van der Waals surface area (Å²) in [6.45, 7) is 1.85. The fraction of sp³-hybridized carbons (Fsp3) is 0.562. The quantitative estimate of drug-likeness (QED) is 0.623. The van der Waals surface area contributed by atoms with Crippen LogP contribution >= 0.6 is 0 Å². The molecule has 0 aliphatic carbocycles. The summed E-state index contributed by atoms with van der Waals surface area (Å²) < 4.78 is 11.1. The zero-order chi connectivity index (χ0) is 15.2. The fourth-order valence-electron chi connectivity index (χ4n) is 2.75. The number of benzene rings is 1. The molecule has 3 N–H and O–H groups in total. The van der Waals surface area contributed by atoms with Crippen molar-refractivity contribution in [1.29, 1.82) is 5.41 Å². The van der Waals surface area contributed by atoms with Crippen LogP contribution in [0.15, 0.2) is 18.2 Å². The van der Waals surface area contributed by atoms with Gasteiger partial charge in [0.15, 0.2) is 0 Å². The zero-order valence-electron chi connectivity index (χ0n) is 12.9. The van der Waals surface area contributed by atoms with Gasteiger partial charge in [-0.1, -0.05) is 6.42 Å². The summed E-state index contributed by atoms with van der Waals surface area (Å²) in [4.78, 5) is 2.42. The number of nitrogen functional groups attached to an aromatic ring is 1. The van der Waals surface area contributed by atoms with Gasteiger partial charge < -0.3 is 20.1 Å². The highest BCUT2D eigenvalue weighted by Gasteiger charge is 2.18. The van der Waals surface area contributed by atoms with Crippen molar-refractivity contribution in [3.63, 3.8) is 0 Å². The van der Waals surface area contributed by atoms with Crippen molar-refractivity contribution in [3.05, 3.63) is 23.8 Å². The van der Waals surface area contributed by atoms with Crippen molar-refractivity contribution in [2.45, 2.75) is 31.7 Å². The Hall–Kier alpha value is -1.75. The lowest BCUT2D eigenvalue weighted by Gasteiger charge is -2.32. The number of likely N-dealkylation sites (tertiary alicyclic amines) is 1. The van der Waals surface area contributed by atoms with E-state index in [1.165, 1.54) is 25.8 Å². The van der Waals surface area contributed by atoms with Crippen molar-refractivity contribution in [2.24, 2.45) is 5.73 Å². The van der Waals surface area contributed by atoms with E-state index in [1.807, 2.05) is 6.07 Å². The molecule has 116 valence electrons. The average Bonchev–Trinajstić information content (AvgIpc) is 2.49. The minimum Gasteiger partial charge on any atom is -0.497 e. The number of rotatable bonds is 6. The van der Waals surface area contributed by atoms with E-state index in [4.69, 9.17) is 20.6 Å². The number of nitrogens with two attached hydrogens (primary N) is 1. The number of amidine groups is 1. The van der Waals surface area contributed by atoms with Crippen LogP contribution in [-0.2, 0) is 0 Å². The molecule has 21 heavy (non-hydrogen) atoms. The minimum atomic E-state index is 0.0192. The number of piperidine rings is 1. The number of hydrogen-bond acceptors (Lipinski definition) is 4. The van der Waals surface area contributed by atoms with Gasteiger partial charge in [-0.15, -0.1) is 0 Å². The van der Waals surface area contributed by atoms with Crippen molar-refractivity contribution < 1.29 is 9.47 Å². The van der Waals surface area contributed by atoms with Gasteiger partial charge in [0, 0.05) is 17.7 Å². The van der Waals surface area contributed by atoms with Gasteiger partial charge >= 0.3 is 0 Å². The fourth-order valence-corrected chi connectivity index (χ4v) is 2.75. The van der Waals surface area contributed by atoms with Crippen LogP contribution in [0.3, 0.4) is 0 Å². The lowest BCUT2D eigenvalue weighted by atomic mass is 10.0. The third-order valence-electron chi connectivity index (χ3n) is 4.07. The minimum absolute atomic E-state index is 0.0192. The summed E-state index contributed by atoms with van der Waals surface area (Å²) in [7, 11) is 3.78. The Morgan fingerprint density at radius 2 is 2.10 bits per heavy atom. The summed E-state index contributed by atoms with van der Waals surface area (Å²) in [6, 6.07) is 5.97. The first-order valence-corrected chi connectivity index (χ1v) is 7.46. The maximum absolute atomic E-state index is 7.53. The molecule has 1 aromatic carbocycles. The van der Waals surface area contributed by atoms with E-state index in [9.17, 15) is 0 Å². The van der Waals surface area contributed by atoms with Gasteiger partial charge in [-0.25, -0.2) is 0 Å². The van der Waals surface area contributed by atoms with Crippen LogP contribution in [0.25, 0.3) is 0 Å². The number of nitrogens with zero attached hydrogens (tertiary/aromatic N) is 1. The van der Waals surface area contributed by atoms with Gasteiger partial charge in [0.2, 0.25) is 0 Å². The predicted molar refractivity (Wildman–Crippen MR) is 84.4 cm³/mol. The highest BCUT2D eigenvalue weighted by Crippen LogP contribution is 2.23. The van der Waals surface area contributed by atoms with Gasteiger partial charge in [-0.3, -0.25) is 5.41 Å². The molecule has 0 aromatic heterocycles. The van der Waals surface area contributed by atoms with Gasteiger partial charge in [-0.2, -0.15) is 0 Å². The molecule has 1 aromatic rings. The van der Waals surface area contributed by atoms with E-state index < -0.39 is 0 Å². The van der Waals surface area contributed by atoms with Gasteiger partial charge in [-0.05, 0) is 45.0 Å². The molecule has 1 aliphatic rings. The molecule has 2 rings (SSSR count). The van der Waals surface area contributed by atoms with E-state index >= 15 is 0 Å². The Morgan fingerprint density at radius 1 is 1.33 bits per heavy atom. The number of ether oxygens (including phenoxy) is 2. The second-order valence-corrected chi connectivity index (χ2v) is 5.58. The van der Waals surface area contributed by atoms with Gasteiger partial charge in [0.25, 0.3) is 0 Å². The highest BCUT2D eigenvalue weighted by atomic mass is 16.5. The molecular formula is C16H25N3O2. The lowest BCUT2D eigenvalue weighted by molar-refractivity contribution is 0.153. The Morgan fingerprint density at radius 3 is 2.76 bits per heavy atom. The summed E-state index contributed by atoms with van der Waals surface area (Å²) >= 11 is 0. The Bertz CT molecular complexity index is 490. The van der Waals surface area contributed by atoms with Crippen molar-refractivity contribution in [2.75, 3.05) is 27.3 Å². The van der Waals surface area contributed by atoms with Crippen LogP contribution in [0, 0.1) is 5.41 Å². The summed E-state index contributed by atoms with van der Waals surface area (Å²) in [6.07, 6.45) is 4.87. The van der Waals surface area contributed by atoms with E-state index in [1.54, 1.807) is 19.2 Å². The molecule has 1 fully saturated rings. The maximum Gasteiger partial charge on any atom is 0.123 e. The molecule has 0 bridgehead atoms.